The summed E-state index contributed by atoms with van der Waals surface area (Å²) in [6.07, 6.45) is 0.835. The zero-order chi connectivity index (χ0) is 17.4. The van der Waals surface area contributed by atoms with Gasteiger partial charge in [0.1, 0.15) is 5.75 Å². The molecule has 1 unspecified atom stereocenters. The molecule has 0 saturated carbocycles. The summed E-state index contributed by atoms with van der Waals surface area (Å²) in [5, 5.41) is 0. The Hall–Kier alpha value is -2.04. The molecule has 0 aliphatic heterocycles. The van der Waals surface area contributed by atoms with E-state index in [4.69, 9.17) is 10.5 Å². The van der Waals surface area contributed by atoms with Crippen molar-refractivity contribution in [3.05, 3.63) is 65.7 Å². The average Bonchev–Trinajstić information content (AvgIpc) is 2.65. The molecule has 0 bridgehead atoms. The molecule has 0 spiro atoms. The summed E-state index contributed by atoms with van der Waals surface area (Å²) in [5.74, 6) is 0.709. The molecule has 0 heterocycles. The number of hydrogen-bond donors (Lipinski definition) is 1. The maximum absolute atomic E-state index is 12.8. The summed E-state index contributed by atoms with van der Waals surface area (Å²) < 4.78 is 5.17. The first-order valence-corrected chi connectivity index (χ1v) is 8.32. The predicted molar refractivity (Wildman–Crippen MR) is 104 cm³/mol. The van der Waals surface area contributed by atoms with Gasteiger partial charge in [-0.25, -0.2) is 0 Å². The van der Waals surface area contributed by atoms with Gasteiger partial charge in [0.15, 0.2) is 0 Å². The van der Waals surface area contributed by atoms with Gasteiger partial charge >= 0.3 is 0 Å². The van der Waals surface area contributed by atoms with Crippen LogP contribution in [0, 0.1) is 0 Å². The second-order valence-electron chi connectivity index (χ2n) is 5.84. The van der Waals surface area contributed by atoms with Crippen LogP contribution in [0.15, 0.2) is 54.6 Å². The number of nitrogens with two attached hydrogens (primary N) is 1. The number of carbonyl (C=O) groups excluding carboxylic acids is 1. The predicted octanol–water partition coefficient (Wildman–Crippen LogP) is 3.25. The Morgan fingerprint density at radius 2 is 1.72 bits per heavy atom. The highest BCUT2D eigenvalue weighted by Crippen LogP contribution is 2.21. The number of amides is 1. The number of halogens is 1. The third-order valence-electron chi connectivity index (χ3n) is 4.21. The topological polar surface area (TPSA) is 55.6 Å². The average molecular weight is 363 g/mol. The highest BCUT2D eigenvalue weighted by atomic mass is 35.5. The Morgan fingerprint density at radius 3 is 2.28 bits per heavy atom. The molecule has 5 heteroatoms. The van der Waals surface area contributed by atoms with Crippen LogP contribution in [-0.4, -0.2) is 37.6 Å². The molecule has 0 saturated heterocycles. The second kappa shape index (κ2) is 10.7. The van der Waals surface area contributed by atoms with Gasteiger partial charge in [0, 0.05) is 19.6 Å². The first-order chi connectivity index (χ1) is 11.7. The molecule has 2 aromatic carbocycles. The van der Waals surface area contributed by atoms with Crippen LogP contribution < -0.4 is 10.5 Å². The van der Waals surface area contributed by atoms with Gasteiger partial charge < -0.3 is 15.4 Å². The van der Waals surface area contributed by atoms with E-state index in [1.807, 2.05) is 54.3 Å². The first-order valence-electron chi connectivity index (χ1n) is 8.32. The van der Waals surface area contributed by atoms with Crippen LogP contribution in [0.25, 0.3) is 0 Å². The largest absolute Gasteiger partial charge is 0.497 e. The third kappa shape index (κ3) is 6.07. The summed E-state index contributed by atoms with van der Waals surface area (Å²) in [5.41, 5.74) is 7.92. The monoisotopic (exact) mass is 362 g/mol. The van der Waals surface area contributed by atoms with Crippen molar-refractivity contribution in [2.75, 3.05) is 26.7 Å². The zero-order valence-corrected chi connectivity index (χ0v) is 15.7. The molecule has 0 radical (unpaired) electrons. The zero-order valence-electron chi connectivity index (χ0n) is 14.9. The fourth-order valence-electron chi connectivity index (χ4n) is 2.71. The fourth-order valence-corrected chi connectivity index (χ4v) is 2.71. The molecular weight excluding hydrogens is 336 g/mol. The highest BCUT2D eigenvalue weighted by Gasteiger charge is 2.21. The molecule has 2 N–H and O–H groups in total. The van der Waals surface area contributed by atoms with Crippen molar-refractivity contribution >= 4 is 18.3 Å². The standard InChI is InChI=1S/C20H26N2O2.ClH/c1-16(18-8-10-19(24-2)11-9-18)20(23)22(15-13-21)14-12-17-6-4-3-5-7-17;/h3-11,16H,12-15,21H2,1-2H3;1H. The van der Waals surface area contributed by atoms with Crippen LogP contribution in [0.4, 0.5) is 0 Å². The highest BCUT2D eigenvalue weighted by molar-refractivity contribution is 5.85. The van der Waals surface area contributed by atoms with E-state index in [2.05, 4.69) is 12.1 Å². The van der Waals surface area contributed by atoms with Gasteiger partial charge in [-0.1, -0.05) is 42.5 Å². The molecule has 25 heavy (non-hydrogen) atoms. The lowest BCUT2D eigenvalue weighted by atomic mass is 9.99. The van der Waals surface area contributed by atoms with E-state index in [0.29, 0.717) is 19.6 Å². The van der Waals surface area contributed by atoms with E-state index in [-0.39, 0.29) is 24.2 Å². The quantitative estimate of drug-likeness (QED) is 0.784. The molecule has 0 fully saturated rings. The molecule has 1 atom stereocenters. The lowest BCUT2D eigenvalue weighted by Crippen LogP contribution is -2.39. The molecule has 0 aliphatic carbocycles. The minimum Gasteiger partial charge on any atom is -0.497 e. The van der Waals surface area contributed by atoms with Gasteiger partial charge in [0.2, 0.25) is 5.91 Å². The van der Waals surface area contributed by atoms with E-state index in [1.54, 1.807) is 7.11 Å². The van der Waals surface area contributed by atoms with Crippen molar-refractivity contribution in [1.82, 2.24) is 4.90 Å². The minimum atomic E-state index is -0.196. The number of rotatable bonds is 8. The molecular formula is C20H27ClN2O2. The van der Waals surface area contributed by atoms with Gasteiger partial charge in [-0.2, -0.15) is 0 Å². The summed E-state index contributed by atoms with van der Waals surface area (Å²) in [6.45, 7) is 3.67. The van der Waals surface area contributed by atoms with Crippen molar-refractivity contribution in [1.29, 1.82) is 0 Å². The van der Waals surface area contributed by atoms with Crippen molar-refractivity contribution < 1.29 is 9.53 Å². The van der Waals surface area contributed by atoms with E-state index in [0.717, 1.165) is 17.7 Å². The van der Waals surface area contributed by atoms with Crippen LogP contribution in [0.3, 0.4) is 0 Å². The van der Waals surface area contributed by atoms with Crippen LogP contribution in [-0.2, 0) is 11.2 Å². The van der Waals surface area contributed by atoms with Crippen molar-refractivity contribution in [2.24, 2.45) is 5.73 Å². The molecule has 0 aliphatic rings. The third-order valence-corrected chi connectivity index (χ3v) is 4.21. The smallest absolute Gasteiger partial charge is 0.229 e. The van der Waals surface area contributed by atoms with Gasteiger partial charge in [0.05, 0.1) is 13.0 Å². The summed E-state index contributed by atoms with van der Waals surface area (Å²) in [7, 11) is 1.64. The van der Waals surface area contributed by atoms with Gasteiger partial charge in [-0.3, -0.25) is 4.79 Å². The molecule has 2 aromatic rings. The van der Waals surface area contributed by atoms with Crippen molar-refractivity contribution in [3.63, 3.8) is 0 Å². The van der Waals surface area contributed by atoms with E-state index >= 15 is 0 Å². The van der Waals surface area contributed by atoms with Crippen LogP contribution >= 0.6 is 12.4 Å². The normalized spacial score (nSPS) is 11.3. The van der Waals surface area contributed by atoms with E-state index < -0.39 is 0 Å². The van der Waals surface area contributed by atoms with Crippen molar-refractivity contribution in [3.8, 4) is 5.75 Å². The maximum atomic E-state index is 12.8. The number of carbonyl (C=O) groups is 1. The Labute approximate surface area is 156 Å². The Kier molecular flexibility index (Phi) is 9.03. The van der Waals surface area contributed by atoms with Crippen LogP contribution in [0.2, 0.25) is 0 Å². The minimum absolute atomic E-state index is 0. The maximum Gasteiger partial charge on any atom is 0.229 e. The van der Waals surface area contributed by atoms with Crippen molar-refractivity contribution in [2.45, 2.75) is 19.3 Å². The summed E-state index contributed by atoms with van der Waals surface area (Å²) in [4.78, 5) is 14.7. The van der Waals surface area contributed by atoms with Gasteiger partial charge in [-0.05, 0) is 36.6 Å². The van der Waals surface area contributed by atoms with Crippen LogP contribution in [0.1, 0.15) is 24.0 Å². The van der Waals surface area contributed by atoms with Gasteiger partial charge in [-0.15, -0.1) is 12.4 Å². The number of benzene rings is 2. The second-order valence-corrected chi connectivity index (χ2v) is 5.84. The van der Waals surface area contributed by atoms with Gasteiger partial charge in [0.25, 0.3) is 0 Å². The van der Waals surface area contributed by atoms with Crippen LogP contribution in [0.5, 0.6) is 5.75 Å². The molecule has 0 aromatic heterocycles. The number of methoxy groups -OCH3 is 1. The Bertz CT molecular complexity index is 632. The number of ether oxygens (including phenoxy) is 1. The number of nitrogens with zero attached hydrogens (tertiary/aromatic N) is 1. The number of hydrogen-bond acceptors (Lipinski definition) is 3. The van der Waals surface area contributed by atoms with E-state index in [9.17, 15) is 4.79 Å². The molecule has 1 amide bonds. The molecule has 2 rings (SSSR count). The molecule has 136 valence electrons. The lowest BCUT2D eigenvalue weighted by Gasteiger charge is -2.26. The summed E-state index contributed by atoms with van der Waals surface area (Å²) >= 11 is 0. The SMILES string of the molecule is COc1ccc(C(C)C(=O)N(CCN)CCc2ccccc2)cc1.Cl. The first kappa shape index (κ1) is 21.0. The fraction of sp³-hybridized carbons (Fsp3) is 0.350. The summed E-state index contributed by atoms with van der Waals surface area (Å²) in [6, 6.07) is 17.9. The lowest BCUT2D eigenvalue weighted by molar-refractivity contribution is -0.132. The van der Waals surface area contributed by atoms with E-state index in [1.165, 1.54) is 5.56 Å². The Balaban J connectivity index is 0.00000312. The molecule has 4 nitrogen and oxygen atoms in total. The Morgan fingerprint density at radius 1 is 1.08 bits per heavy atom.